The Morgan fingerprint density at radius 3 is 3.00 bits per heavy atom. The molecular weight excluding hydrogens is 280 g/mol. The fraction of sp³-hybridized carbons (Fsp3) is 0.750. The number of H-pyrrole nitrogens is 1. The van der Waals surface area contributed by atoms with Crippen molar-refractivity contribution in [2.45, 2.75) is 36.4 Å². The Morgan fingerprint density at radius 2 is 2.45 bits per heavy atom. The minimum Gasteiger partial charge on any atom is -0.480 e. The summed E-state index contributed by atoms with van der Waals surface area (Å²) in [5.41, 5.74) is -1.03. The molecule has 1 aromatic rings. The number of rotatable bonds is 6. The van der Waals surface area contributed by atoms with Crippen molar-refractivity contribution < 1.29 is 9.90 Å². The Bertz CT molecular complexity index is 541. The normalized spacial score (nSPS) is 26.0. The minimum atomic E-state index is -0.794. The Morgan fingerprint density at radius 1 is 1.70 bits per heavy atom. The van der Waals surface area contributed by atoms with Gasteiger partial charge in [0.15, 0.2) is 5.16 Å². The first-order chi connectivity index (χ1) is 9.51. The molecule has 0 spiro atoms. The number of hydrogen-bond donors (Lipinski definition) is 3. The van der Waals surface area contributed by atoms with Crippen molar-refractivity contribution in [2.24, 2.45) is 13.0 Å². The van der Waals surface area contributed by atoms with Crippen LogP contribution in [0, 0.1) is 5.92 Å². The van der Waals surface area contributed by atoms with Gasteiger partial charge in [0.2, 0.25) is 0 Å². The van der Waals surface area contributed by atoms with Gasteiger partial charge in [-0.2, -0.15) is 0 Å². The molecule has 1 aromatic heterocycles. The minimum absolute atomic E-state index is 0.119. The monoisotopic (exact) mass is 300 g/mol. The number of aliphatic carboxylic acids is 1. The zero-order chi connectivity index (χ0) is 14.8. The summed E-state index contributed by atoms with van der Waals surface area (Å²) >= 11 is 1.48. The van der Waals surface area contributed by atoms with Crippen LogP contribution in [0.5, 0.6) is 0 Å². The molecule has 0 aliphatic heterocycles. The molecule has 20 heavy (non-hydrogen) atoms. The predicted octanol–water partition coefficient (Wildman–Crippen LogP) is 0.434. The van der Waals surface area contributed by atoms with Crippen LogP contribution in [0.15, 0.2) is 9.95 Å². The number of nitrogens with one attached hydrogen (secondary N) is 2. The smallest absolute Gasteiger partial charge is 0.343 e. The number of carbonyl (C=O) groups is 1. The van der Waals surface area contributed by atoms with E-state index in [-0.39, 0.29) is 11.6 Å². The van der Waals surface area contributed by atoms with E-state index in [4.69, 9.17) is 0 Å². The number of carboxylic acid groups (broad SMARTS) is 1. The van der Waals surface area contributed by atoms with E-state index >= 15 is 0 Å². The molecule has 0 aromatic carbocycles. The zero-order valence-electron chi connectivity index (χ0n) is 11.7. The Kier molecular flexibility index (Phi) is 4.54. The molecule has 0 saturated heterocycles. The van der Waals surface area contributed by atoms with Gasteiger partial charge in [0.05, 0.1) is 0 Å². The van der Waals surface area contributed by atoms with Gasteiger partial charge in [0.25, 0.3) is 0 Å². The third-order valence-corrected chi connectivity index (χ3v) is 5.25. The van der Waals surface area contributed by atoms with Crippen molar-refractivity contribution in [3.63, 3.8) is 0 Å². The summed E-state index contributed by atoms with van der Waals surface area (Å²) in [6.07, 6.45) is 3.32. The molecule has 1 heterocycles. The number of nitrogens with zero attached hydrogens (tertiary/aromatic N) is 2. The lowest BCUT2D eigenvalue weighted by Crippen LogP contribution is -2.53. The van der Waals surface area contributed by atoms with Gasteiger partial charge in [-0.1, -0.05) is 18.2 Å². The Balaban J connectivity index is 1.95. The maximum atomic E-state index is 11.5. The van der Waals surface area contributed by atoms with Crippen LogP contribution in [-0.4, -0.2) is 44.2 Å². The first kappa shape index (κ1) is 15.1. The largest absolute Gasteiger partial charge is 0.480 e. The second kappa shape index (κ2) is 6.01. The van der Waals surface area contributed by atoms with E-state index in [1.54, 1.807) is 14.1 Å². The molecule has 1 fully saturated rings. The molecule has 3 N–H and O–H groups in total. The average molecular weight is 300 g/mol. The predicted molar refractivity (Wildman–Crippen MR) is 75.9 cm³/mol. The molecule has 7 nitrogen and oxygen atoms in total. The van der Waals surface area contributed by atoms with Crippen LogP contribution in [0.4, 0.5) is 0 Å². The summed E-state index contributed by atoms with van der Waals surface area (Å²) in [5, 5.41) is 19.4. The molecule has 2 atom stereocenters. The summed E-state index contributed by atoms with van der Waals surface area (Å²) in [7, 11) is 3.38. The highest BCUT2D eigenvalue weighted by atomic mass is 32.2. The molecule has 0 radical (unpaired) electrons. The Hall–Kier alpha value is -1.28. The summed E-state index contributed by atoms with van der Waals surface area (Å²) in [6, 6.07) is 0. The third kappa shape index (κ3) is 2.62. The number of likely N-dealkylation sites (N-methyl/N-ethyl adjacent to an activating group) is 1. The summed E-state index contributed by atoms with van der Waals surface area (Å²) in [5.74, 6) is 0.104. The van der Waals surface area contributed by atoms with Crippen LogP contribution in [0.1, 0.15) is 25.7 Å². The summed E-state index contributed by atoms with van der Waals surface area (Å²) < 4.78 is 1.46. The molecule has 112 valence electrons. The molecule has 1 aliphatic carbocycles. The van der Waals surface area contributed by atoms with E-state index in [1.807, 2.05) is 0 Å². The average Bonchev–Trinajstić information content (AvgIpc) is 2.97. The number of thioether (sulfide) groups is 1. The van der Waals surface area contributed by atoms with Gasteiger partial charge in [0.1, 0.15) is 5.54 Å². The third-order valence-electron chi connectivity index (χ3n) is 4.18. The first-order valence-electron chi connectivity index (χ1n) is 6.68. The zero-order valence-corrected chi connectivity index (χ0v) is 12.5. The fourth-order valence-corrected chi connectivity index (χ4v) is 3.91. The van der Waals surface area contributed by atoms with Crippen molar-refractivity contribution in [3.8, 4) is 0 Å². The highest BCUT2D eigenvalue weighted by Crippen LogP contribution is 2.39. The maximum Gasteiger partial charge on any atom is 0.343 e. The molecule has 0 amide bonds. The molecule has 2 unspecified atom stereocenters. The molecule has 2 rings (SSSR count). The van der Waals surface area contributed by atoms with Crippen molar-refractivity contribution in [1.29, 1.82) is 0 Å². The van der Waals surface area contributed by atoms with Crippen LogP contribution < -0.4 is 11.0 Å². The standard InChI is InChI=1S/C12H20N4O3S/c1-13-12(9(17)18)6-3-4-8(12)5-7-20-11-15-14-10(19)16(11)2/h8,13H,3-7H2,1-2H3,(H,14,19)(H,17,18). The number of hydrogen-bond acceptors (Lipinski definition) is 5. The summed E-state index contributed by atoms with van der Waals surface area (Å²) in [6.45, 7) is 0. The highest BCUT2D eigenvalue weighted by Gasteiger charge is 2.47. The van der Waals surface area contributed by atoms with Gasteiger partial charge in [0, 0.05) is 12.8 Å². The number of aromatic nitrogens is 3. The lowest BCUT2D eigenvalue weighted by atomic mass is 9.85. The van der Waals surface area contributed by atoms with Crippen LogP contribution in [0.25, 0.3) is 0 Å². The van der Waals surface area contributed by atoms with Crippen molar-refractivity contribution >= 4 is 17.7 Å². The topological polar surface area (TPSA) is 100 Å². The van der Waals surface area contributed by atoms with Crippen molar-refractivity contribution in [1.82, 2.24) is 20.1 Å². The second-order valence-corrected chi connectivity index (χ2v) is 6.19. The van der Waals surface area contributed by atoms with E-state index in [2.05, 4.69) is 15.5 Å². The lowest BCUT2D eigenvalue weighted by molar-refractivity contribution is -0.146. The van der Waals surface area contributed by atoms with E-state index < -0.39 is 11.5 Å². The number of carboxylic acids is 1. The second-order valence-electron chi connectivity index (χ2n) is 5.12. The molecular formula is C12H20N4O3S. The molecule has 1 saturated carbocycles. The molecule has 1 aliphatic rings. The van der Waals surface area contributed by atoms with Gasteiger partial charge in [-0.05, 0) is 32.2 Å². The quantitative estimate of drug-likeness (QED) is 0.659. The van der Waals surface area contributed by atoms with Gasteiger partial charge >= 0.3 is 11.7 Å². The van der Waals surface area contributed by atoms with E-state index in [0.717, 1.165) is 25.0 Å². The van der Waals surface area contributed by atoms with Crippen LogP contribution in [-0.2, 0) is 11.8 Å². The molecule has 0 bridgehead atoms. The SMILES string of the molecule is CNC1(C(=O)O)CCCC1CCSc1n[nH]c(=O)n1C. The van der Waals surface area contributed by atoms with Gasteiger partial charge in [-0.15, -0.1) is 5.10 Å². The maximum absolute atomic E-state index is 11.5. The first-order valence-corrected chi connectivity index (χ1v) is 7.66. The molecule has 8 heteroatoms. The summed E-state index contributed by atoms with van der Waals surface area (Å²) in [4.78, 5) is 22.8. The van der Waals surface area contributed by atoms with E-state index in [1.165, 1.54) is 16.3 Å². The number of aromatic amines is 1. The van der Waals surface area contributed by atoms with Gasteiger partial charge < -0.3 is 10.4 Å². The highest BCUT2D eigenvalue weighted by molar-refractivity contribution is 7.99. The van der Waals surface area contributed by atoms with Crippen molar-refractivity contribution in [2.75, 3.05) is 12.8 Å². The van der Waals surface area contributed by atoms with Crippen LogP contribution >= 0.6 is 11.8 Å². The van der Waals surface area contributed by atoms with E-state index in [9.17, 15) is 14.7 Å². The van der Waals surface area contributed by atoms with Gasteiger partial charge in [-0.3, -0.25) is 9.36 Å². The van der Waals surface area contributed by atoms with Crippen molar-refractivity contribution in [3.05, 3.63) is 10.5 Å². The van der Waals surface area contributed by atoms with Gasteiger partial charge in [-0.25, -0.2) is 9.89 Å². The lowest BCUT2D eigenvalue weighted by Gasteiger charge is -2.30. The van der Waals surface area contributed by atoms with Crippen LogP contribution in [0.2, 0.25) is 0 Å². The fourth-order valence-electron chi connectivity index (χ4n) is 2.94. The van der Waals surface area contributed by atoms with Crippen LogP contribution in [0.3, 0.4) is 0 Å². The van der Waals surface area contributed by atoms with E-state index in [0.29, 0.717) is 11.6 Å². The Labute approximate surface area is 121 Å².